The number of hydrogen-bond acceptors (Lipinski definition) is 3. The molecule has 114 valence electrons. The van der Waals surface area contributed by atoms with Gasteiger partial charge in [0.05, 0.1) is 16.8 Å². The Balaban J connectivity index is 1.87. The fourth-order valence-corrected chi connectivity index (χ4v) is 3.06. The lowest BCUT2D eigenvalue weighted by molar-refractivity contribution is 0.0928. The summed E-state index contributed by atoms with van der Waals surface area (Å²) in [6.07, 6.45) is -0.495. The molecule has 1 aliphatic heterocycles. The number of aromatic nitrogens is 1. The highest BCUT2D eigenvalue weighted by Gasteiger charge is 2.30. The molecule has 0 fully saturated rings. The van der Waals surface area contributed by atoms with E-state index >= 15 is 0 Å². The number of pyridine rings is 1. The van der Waals surface area contributed by atoms with Crippen molar-refractivity contribution in [3.8, 4) is 0 Å². The number of benzene rings is 2. The van der Waals surface area contributed by atoms with Crippen LogP contribution in [0, 0.1) is 0 Å². The van der Waals surface area contributed by atoms with Crippen LogP contribution in [-0.4, -0.2) is 17.9 Å². The minimum Gasteiger partial charge on any atom is -0.350 e. The number of H-pyrrole nitrogens is 1. The first-order chi connectivity index (χ1) is 11.1. The number of carbonyl (C=O) groups excluding carboxylic acids is 1. The molecule has 2 aromatic carbocycles. The van der Waals surface area contributed by atoms with Gasteiger partial charge in [-0.2, -0.15) is 0 Å². The molecule has 0 spiro atoms. The normalized spacial score (nSPS) is 17.0. The summed E-state index contributed by atoms with van der Waals surface area (Å²) < 4.78 is 0. The van der Waals surface area contributed by atoms with Gasteiger partial charge in [-0.25, -0.2) is 0 Å². The molecule has 1 atom stereocenters. The second-order valence-electron chi connectivity index (χ2n) is 5.65. The van der Waals surface area contributed by atoms with E-state index in [0.29, 0.717) is 11.1 Å². The van der Waals surface area contributed by atoms with Gasteiger partial charge in [0.1, 0.15) is 6.17 Å². The monoisotopic (exact) mass is 305 g/mol. The summed E-state index contributed by atoms with van der Waals surface area (Å²) in [6, 6.07) is 16.8. The molecule has 0 radical (unpaired) electrons. The predicted octanol–water partition coefficient (Wildman–Crippen LogP) is 2.41. The minimum atomic E-state index is -0.495. The minimum absolute atomic E-state index is 0.170. The predicted molar refractivity (Wildman–Crippen MR) is 89.6 cm³/mol. The summed E-state index contributed by atoms with van der Waals surface area (Å²) in [5.74, 6) is -0.170. The Bertz CT molecular complexity index is 977. The summed E-state index contributed by atoms with van der Waals surface area (Å²) in [4.78, 5) is 29.6. The lowest BCUT2D eigenvalue weighted by atomic mass is 10.0. The van der Waals surface area contributed by atoms with Gasteiger partial charge in [-0.3, -0.25) is 9.59 Å². The van der Waals surface area contributed by atoms with Gasteiger partial charge >= 0.3 is 0 Å². The zero-order chi connectivity index (χ0) is 16.0. The molecule has 4 rings (SSSR count). The molecule has 5 nitrogen and oxygen atoms in total. The zero-order valence-corrected chi connectivity index (χ0v) is 12.5. The Labute approximate surface area is 132 Å². The number of aromatic amines is 1. The van der Waals surface area contributed by atoms with Gasteiger partial charge in [-0.15, -0.1) is 0 Å². The molecular weight excluding hydrogens is 290 g/mol. The average Bonchev–Trinajstić information content (AvgIpc) is 2.58. The van der Waals surface area contributed by atoms with E-state index in [1.165, 1.54) is 0 Å². The number of fused-ring (bicyclic) bond motifs is 2. The maximum Gasteiger partial charge on any atom is 0.255 e. The van der Waals surface area contributed by atoms with Gasteiger partial charge in [-0.1, -0.05) is 30.3 Å². The van der Waals surface area contributed by atoms with E-state index in [1.54, 1.807) is 6.07 Å². The molecular formula is C18H15N3O2. The largest absolute Gasteiger partial charge is 0.350 e. The fourth-order valence-electron chi connectivity index (χ4n) is 3.06. The van der Waals surface area contributed by atoms with Gasteiger partial charge in [0, 0.05) is 12.6 Å². The van der Waals surface area contributed by atoms with Crippen molar-refractivity contribution in [2.75, 3.05) is 11.9 Å². The third-order valence-corrected chi connectivity index (χ3v) is 4.26. The van der Waals surface area contributed by atoms with Crippen LogP contribution in [0.5, 0.6) is 0 Å². The van der Waals surface area contributed by atoms with E-state index in [-0.39, 0.29) is 11.5 Å². The Morgan fingerprint density at radius 3 is 2.61 bits per heavy atom. The van der Waals surface area contributed by atoms with Crippen LogP contribution < -0.4 is 15.8 Å². The van der Waals surface area contributed by atoms with Crippen LogP contribution in [0.4, 0.5) is 5.69 Å². The van der Waals surface area contributed by atoms with Crippen molar-refractivity contribution >= 4 is 22.5 Å². The lowest BCUT2D eigenvalue weighted by Gasteiger charge is -2.36. The molecule has 1 aliphatic rings. The SMILES string of the molecule is CN1c2ccccc2C(=O)N[C@H]1c1cc2ccccc2[nH]c1=O. The Morgan fingerprint density at radius 2 is 1.74 bits per heavy atom. The van der Waals surface area contributed by atoms with E-state index in [1.807, 2.05) is 60.5 Å². The van der Waals surface area contributed by atoms with Gasteiger partial charge in [0.2, 0.25) is 0 Å². The lowest BCUT2D eigenvalue weighted by Crippen LogP contribution is -2.46. The molecule has 5 heteroatoms. The Hall–Kier alpha value is -3.08. The van der Waals surface area contributed by atoms with Crippen molar-refractivity contribution in [3.63, 3.8) is 0 Å². The smallest absolute Gasteiger partial charge is 0.255 e. The maximum atomic E-state index is 12.5. The first-order valence-electron chi connectivity index (χ1n) is 7.40. The summed E-state index contributed by atoms with van der Waals surface area (Å²) >= 11 is 0. The fraction of sp³-hybridized carbons (Fsp3) is 0.111. The molecule has 1 aromatic heterocycles. The van der Waals surface area contributed by atoms with Gasteiger partial charge < -0.3 is 15.2 Å². The maximum absolute atomic E-state index is 12.5. The van der Waals surface area contributed by atoms with Gasteiger partial charge in [0.25, 0.3) is 11.5 Å². The van der Waals surface area contributed by atoms with E-state index in [4.69, 9.17) is 0 Å². The summed E-state index contributed by atoms with van der Waals surface area (Å²) in [6.45, 7) is 0. The molecule has 2 N–H and O–H groups in total. The van der Waals surface area contributed by atoms with Crippen LogP contribution in [0.1, 0.15) is 22.1 Å². The molecule has 0 saturated heterocycles. The number of amides is 1. The standard InChI is InChI=1S/C18H15N3O2/c1-21-15-9-5-3-7-12(15)17(22)20-16(21)13-10-11-6-2-4-8-14(11)19-18(13)23/h2-10,16H,1H3,(H,19,23)(H,20,22)/t16-/m1/s1. The Kier molecular flexibility index (Phi) is 2.94. The van der Waals surface area contributed by atoms with Crippen molar-refractivity contribution in [2.24, 2.45) is 0 Å². The summed E-state index contributed by atoms with van der Waals surface area (Å²) in [5, 5.41) is 3.85. The Morgan fingerprint density at radius 1 is 1.00 bits per heavy atom. The van der Waals surface area contributed by atoms with Crippen molar-refractivity contribution in [3.05, 3.63) is 76.1 Å². The van der Waals surface area contributed by atoms with Gasteiger partial charge in [-0.05, 0) is 29.7 Å². The number of anilines is 1. The van der Waals surface area contributed by atoms with Crippen molar-refractivity contribution in [1.82, 2.24) is 10.3 Å². The van der Waals surface area contributed by atoms with E-state index in [9.17, 15) is 9.59 Å². The van der Waals surface area contributed by atoms with Crippen LogP contribution in [0.25, 0.3) is 10.9 Å². The number of hydrogen-bond donors (Lipinski definition) is 2. The quantitative estimate of drug-likeness (QED) is 0.725. The molecule has 0 bridgehead atoms. The molecule has 1 amide bonds. The topological polar surface area (TPSA) is 65.2 Å². The number of nitrogens with zero attached hydrogens (tertiary/aromatic N) is 1. The van der Waals surface area contributed by atoms with Crippen LogP contribution in [0.2, 0.25) is 0 Å². The van der Waals surface area contributed by atoms with E-state index in [2.05, 4.69) is 10.3 Å². The zero-order valence-electron chi connectivity index (χ0n) is 12.5. The van der Waals surface area contributed by atoms with Crippen LogP contribution >= 0.6 is 0 Å². The highest BCUT2D eigenvalue weighted by atomic mass is 16.2. The molecule has 3 aromatic rings. The van der Waals surface area contributed by atoms with Crippen LogP contribution in [-0.2, 0) is 0 Å². The first kappa shape index (κ1) is 13.6. The van der Waals surface area contributed by atoms with E-state index < -0.39 is 6.17 Å². The number of para-hydroxylation sites is 2. The summed E-state index contributed by atoms with van der Waals surface area (Å²) in [5.41, 5.74) is 2.54. The second-order valence-corrected chi connectivity index (χ2v) is 5.65. The average molecular weight is 305 g/mol. The summed E-state index contributed by atoms with van der Waals surface area (Å²) in [7, 11) is 1.87. The first-order valence-corrected chi connectivity index (χ1v) is 7.40. The molecule has 0 unspecified atom stereocenters. The number of rotatable bonds is 1. The third kappa shape index (κ3) is 2.09. The van der Waals surface area contributed by atoms with Crippen molar-refractivity contribution in [1.29, 1.82) is 0 Å². The van der Waals surface area contributed by atoms with Crippen molar-refractivity contribution < 1.29 is 4.79 Å². The molecule has 0 aliphatic carbocycles. The van der Waals surface area contributed by atoms with Crippen molar-refractivity contribution in [2.45, 2.75) is 6.17 Å². The van der Waals surface area contributed by atoms with Crippen LogP contribution in [0.3, 0.4) is 0 Å². The van der Waals surface area contributed by atoms with Gasteiger partial charge in [0.15, 0.2) is 0 Å². The molecule has 2 heterocycles. The highest BCUT2D eigenvalue weighted by molar-refractivity contribution is 6.02. The van der Waals surface area contributed by atoms with Crippen LogP contribution in [0.15, 0.2) is 59.4 Å². The highest BCUT2D eigenvalue weighted by Crippen LogP contribution is 2.30. The van der Waals surface area contributed by atoms with E-state index in [0.717, 1.165) is 16.6 Å². The third-order valence-electron chi connectivity index (χ3n) is 4.26. The number of nitrogens with one attached hydrogen (secondary N) is 2. The number of carbonyl (C=O) groups is 1. The molecule has 0 saturated carbocycles. The second kappa shape index (κ2) is 4.98. The molecule has 23 heavy (non-hydrogen) atoms.